The number of carbonyl (C=O) groups excluding carboxylic acids is 2. The van der Waals surface area contributed by atoms with Crippen molar-refractivity contribution in [1.82, 2.24) is 10.2 Å². The summed E-state index contributed by atoms with van der Waals surface area (Å²) >= 11 is 21.6. The van der Waals surface area contributed by atoms with Crippen LogP contribution in [0.1, 0.15) is 44.6 Å². The number of halogens is 4. The van der Waals surface area contributed by atoms with E-state index in [0.717, 1.165) is 31.2 Å². The molecule has 1 fully saturated rings. The molecule has 1 aliphatic rings. The van der Waals surface area contributed by atoms with Gasteiger partial charge in [-0.3, -0.25) is 9.59 Å². The molecule has 0 heterocycles. The van der Waals surface area contributed by atoms with E-state index in [4.69, 9.17) is 39.5 Å². The molecule has 0 spiro atoms. The fourth-order valence-electron chi connectivity index (χ4n) is 3.94. The van der Waals surface area contributed by atoms with Crippen molar-refractivity contribution in [3.05, 3.63) is 61.5 Å². The minimum absolute atomic E-state index is 0.148. The number of nitrogens with zero attached hydrogens (tertiary/aromatic N) is 1. The molecule has 1 saturated carbocycles. The third-order valence-corrected chi connectivity index (χ3v) is 7.26. The van der Waals surface area contributed by atoms with E-state index in [-0.39, 0.29) is 31.0 Å². The number of benzene rings is 2. The maximum atomic E-state index is 13.3. The van der Waals surface area contributed by atoms with Crippen molar-refractivity contribution in [2.75, 3.05) is 6.61 Å². The van der Waals surface area contributed by atoms with E-state index in [9.17, 15) is 9.59 Å². The van der Waals surface area contributed by atoms with Gasteiger partial charge in [0.15, 0.2) is 6.61 Å². The summed E-state index contributed by atoms with van der Waals surface area (Å²) in [7, 11) is 0. The fraction of sp³-hybridized carbons (Fsp3) is 0.417. The maximum absolute atomic E-state index is 13.3. The summed E-state index contributed by atoms with van der Waals surface area (Å²) in [5, 5.41) is 4.50. The van der Waals surface area contributed by atoms with Crippen LogP contribution in [0.5, 0.6) is 5.75 Å². The number of nitrogens with one attached hydrogen (secondary N) is 1. The van der Waals surface area contributed by atoms with Crippen LogP contribution in [0.4, 0.5) is 0 Å². The Bertz CT molecular complexity index is 999. The smallest absolute Gasteiger partial charge is 0.261 e. The highest BCUT2D eigenvalue weighted by Crippen LogP contribution is 2.28. The van der Waals surface area contributed by atoms with E-state index < -0.39 is 6.04 Å². The third kappa shape index (κ3) is 7.25. The van der Waals surface area contributed by atoms with Crippen LogP contribution in [0.15, 0.2) is 40.9 Å². The Morgan fingerprint density at radius 3 is 2.48 bits per heavy atom. The lowest BCUT2D eigenvalue weighted by molar-refractivity contribution is -0.143. The Morgan fingerprint density at radius 2 is 1.85 bits per heavy atom. The lowest BCUT2D eigenvalue weighted by Crippen LogP contribution is -2.52. The van der Waals surface area contributed by atoms with Crippen LogP contribution in [0.25, 0.3) is 0 Å². The minimum atomic E-state index is -0.634. The molecular formula is C24H26BrCl3N2O3. The van der Waals surface area contributed by atoms with Crippen molar-refractivity contribution in [3.63, 3.8) is 0 Å². The van der Waals surface area contributed by atoms with Gasteiger partial charge in [0.2, 0.25) is 5.91 Å². The zero-order valence-electron chi connectivity index (χ0n) is 18.3. The molecule has 2 aromatic rings. The summed E-state index contributed by atoms with van der Waals surface area (Å²) in [4.78, 5) is 28.0. The van der Waals surface area contributed by atoms with E-state index in [1.54, 1.807) is 41.3 Å². The molecule has 2 amide bonds. The summed E-state index contributed by atoms with van der Waals surface area (Å²) < 4.78 is 6.39. The van der Waals surface area contributed by atoms with Crippen LogP contribution in [-0.4, -0.2) is 35.4 Å². The number of rotatable bonds is 9. The Labute approximate surface area is 217 Å². The maximum Gasteiger partial charge on any atom is 0.261 e. The van der Waals surface area contributed by atoms with E-state index in [2.05, 4.69) is 21.2 Å². The largest absolute Gasteiger partial charge is 0.483 e. The van der Waals surface area contributed by atoms with Gasteiger partial charge in [-0.05, 0) is 71.1 Å². The van der Waals surface area contributed by atoms with E-state index >= 15 is 0 Å². The van der Waals surface area contributed by atoms with Gasteiger partial charge < -0.3 is 15.0 Å². The molecule has 0 aromatic heterocycles. The number of hydrogen-bond acceptors (Lipinski definition) is 3. The molecule has 1 N–H and O–H groups in total. The number of carbonyl (C=O) groups is 2. The van der Waals surface area contributed by atoms with Crippen LogP contribution in [-0.2, 0) is 16.1 Å². The molecule has 178 valence electrons. The first-order valence-corrected chi connectivity index (χ1v) is 12.8. The number of amides is 2. The van der Waals surface area contributed by atoms with Crippen molar-refractivity contribution >= 4 is 62.5 Å². The first-order valence-electron chi connectivity index (χ1n) is 10.9. The first-order chi connectivity index (χ1) is 15.8. The minimum Gasteiger partial charge on any atom is -0.483 e. The van der Waals surface area contributed by atoms with Gasteiger partial charge in [0.1, 0.15) is 11.8 Å². The highest BCUT2D eigenvalue weighted by atomic mass is 79.9. The van der Waals surface area contributed by atoms with Gasteiger partial charge in [0.05, 0.1) is 14.5 Å². The molecule has 5 nitrogen and oxygen atoms in total. The van der Waals surface area contributed by atoms with Crippen molar-refractivity contribution in [2.45, 2.75) is 57.7 Å². The molecule has 33 heavy (non-hydrogen) atoms. The monoisotopic (exact) mass is 574 g/mol. The molecule has 2 aromatic carbocycles. The molecule has 0 radical (unpaired) electrons. The molecule has 0 aliphatic heterocycles. The molecular weight excluding hydrogens is 551 g/mol. The van der Waals surface area contributed by atoms with E-state index in [0.29, 0.717) is 31.7 Å². The average Bonchev–Trinajstić information content (AvgIpc) is 3.28. The van der Waals surface area contributed by atoms with Gasteiger partial charge in [-0.1, -0.05) is 60.6 Å². The molecule has 0 bridgehead atoms. The van der Waals surface area contributed by atoms with Crippen molar-refractivity contribution in [2.24, 2.45) is 0 Å². The predicted octanol–water partition coefficient (Wildman–Crippen LogP) is 6.65. The summed E-state index contributed by atoms with van der Waals surface area (Å²) in [6, 6.07) is 9.78. The number of hydrogen-bond donors (Lipinski definition) is 1. The standard InChI is InChI=1S/C24H26BrCl3N2O3/c1-2-21(24(32)29-17-5-3-4-6-17)30(13-15-7-9-19(27)20(28)11-15)23(31)14-33-22-10-8-16(26)12-18(22)25/h7-12,17,21H,2-6,13-14H2,1H3,(H,29,32)/t21-/m1/s1. The first kappa shape index (κ1) is 26.1. The van der Waals surface area contributed by atoms with Crippen LogP contribution in [0, 0.1) is 0 Å². The zero-order valence-corrected chi connectivity index (χ0v) is 22.1. The van der Waals surface area contributed by atoms with Crippen LogP contribution in [0.3, 0.4) is 0 Å². The highest BCUT2D eigenvalue weighted by Gasteiger charge is 2.31. The fourth-order valence-corrected chi connectivity index (χ4v) is 5.05. The molecule has 0 unspecified atom stereocenters. The van der Waals surface area contributed by atoms with Gasteiger partial charge >= 0.3 is 0 Å². The second-order valence-electron chi connectivity index (χ2n) is 8.05. The average molecular weight is 577 g/mol. The SMILES string of the molecule is CC[C@H](C(=O)NC1CCCC1)N(Cc1ccc(Cl)c(Cl)c1)C(=O)COc1ccc(Cl)cc1Br. The molecule has 3 rings (SSSR count). The van der Waals surface area contributed by atoms with Crippen LogP contribution >= 0.6 is 50.7 Å². The topological polar surface area (TPSA) is 58.6 Å². The third-order valence-electron chi connectivity index (χ3n) is 5.67. The normalized spacial score (nSPS) is 14.7. The van der Waals surface area contributed by atoms with Crippen LogP contribution in [0.2, 0.25) is 15.1 Å². The summed E-state index contributed by atoms with van der Waals surface area (Å²) in [6.07, 6.45) is 4.62. The second kappa shape index (κ2) is 12.3. The molecule has 1 aliphatic carbocycles. The van der Waals surface area contributed by atoms with Crippen molar-refractivity contribution < 1.29 is 14.3 Å². The summed E-state index contributed by atoms with van der Waals surface area (Å²) in [5.41, 5.74) is 0.775. The lowest BCUT2D eigenvalue weighted by Gasteiger charge is -2.31. The Kier molecular flexibility index (Phi) is 9.74. The lowest BCUT2D eigenvalue weighted by atomic mass is 10.1. The van der Waals surface area contributed by atoms with Crippen molar-refractivity contribution in [3.8, 4) is 5.75 Å². The molecule has 9 heteroatoms. The predicted molar refractivity (Wildman–Crippen MR) is 136 cm³/mol. The summed E-state index contributed by atoms with van der Waals surface area (Å²) in [5.74, 6) is 0.0347. The molecule has 1 atom stereocenters. The van der Waals surface area contributed by atoms with Gasteiger partial charge in [0.25, 0.3) is 5.91 Å². The Balaban J connectivity index is 1.79. The van der Waals surface area contributed by atoms with E-state index in [1.165, 1.54) is 0 Å². The van der Waals surface area contributed by atoms with Gasteiger partial charge in [-0.25, -0.2) is 0 Å². The Morgan fingerprint density at radius 1 is 1.12 bits per heavy atom. The van der Waals surface area contributed by atoms with Crippen LogP contribution < -0.4 is 10.1 Å². The zero-order chi connectivity index (χ0) is 24.0. The van der Waals surface area contributed by atoms with Crippen molar-refractivity contribution in [1.29, 1.82) is 0 Å². The van der Waals surface area contributed by atoms with Gasteiger partial charge in [-0.2, -0.15) is 0 Å². The van der Waals surface area contributed by atoms with Gasteiger partial charge in [-0.15, -0.1) is 0 Å². The van der Waals surface area contributed by atoms with E-state index in [1.807, 2.05) is 6.92 Å². The molecule has 0 saturated heterocycles. The highest BCUT2D eigenvalue weighted by molar-refractivity contribution is 9.10. The summed E-state index contributed by atoms with van der Waals surface area (Å²) in [6.45, 7) is 1.87. The number of ether oxygens (including phenoxy) is 1. The quantitative estimate of drug-likeness (QED) is 0.364. The van der Waals surface area contributed by atoms with Gasteiger partial charge in [0, 0.05) is 17.6 Å². The Hall–Kier alpha value is -1.47. The second-order valence-corrected chi connectivity index (χ2v) is 10.2.